The molecule has 1 aromatic heterocycles. The van der Waals surface area contributed by atoms with E-state index in [2.05, 4.69) is 24.3 Å². The third-order valence-electron chi connectivity index (χ3n) is 4.71. The van der Waals surface area contributed by atoms with Gasteiger partial charge in [-0.2, -0.15) is 0 Å². The lowest BCUT2D eigenvalue weighted by atomic mass is 9.74. The van der Waals surface area contributed by atoms with E-state index in [1.807, 2.05) is 11.3 Å². The van der Waals surface area contributed by atoms with Crippen molar-refractivity contribution in [1.82, 2.24) is 4.98 Å². The van der Waals surface area contributed by atoms with Crippen LogP contribution in [0.25, 0.3) is 10.2 Å². The van der Waals surface area contributed by atoms with Gasteiger partial charge >= 0.3 is 0 Å². The van der Waals surface area contributed by atoms with Gasteiger partial charge in [0.05, 0.1) is 15.2 Å². The Morgan fingerprint density at radius 2 is 1.75 bits per heavy atom. The number of hydrogen-bond acceptors (Lipinski definition) is 3. The second-order valence-corrected chi connectivity index (χ2v) is 7.34. The summed E-state index contributed by atoms with van der Waals surface area (Å²) < 4.78 is 1.31. The van der Waals surface area contributed by atoms with Gasteiger partial charge in [-0.25, -0.2) is 4.98 Å². The number of nitrogens with two attached hydrogens (primary N) is 1. The lowest BCUT2D eigenvalue weighted by Crippen LogP contribution is -2.33. The van der Waals surface area contributed by atoms with Gasteiger partial charge in [-0.1, -0.05) is 44.2 Å². The Balaban J connectivity index is 1.81. The average molecular weight is 288 g/mol. The number of hydrogen-bond donors (Lipinski definition) is 1. The van der Waals surface area contributed by atoms with E-state index in [9.17, 15) is 0 Å². The van der Waals surface area contributed by atoms with E-state index in [0.717, 1.165) is 18.5 Å². The Bertz CT molecular complexity index is 520. The normalized spacial score (nSPS) is 19.6. The maximum absolute atomic E-state index is 6.18. The van der Waals surface area contributed by atoms with Crippen molar-refractivity contribution in [2.45, 2.75) is 51.4 Å². The molecule has 0 unspecified atom stereocenters. The first-order valence-corrected chi connectivity index (χ1v) is 8.68. The Labute approximate surface area is 125 Å². The minimum absolute atomic E-state index is 0.300. The van der Waals surface area contributed by atoms with Crippen LogP contribution in [0.1, 0.15) is 50.0 Å². The number of aromatic nitrogens is 1. The Kier molecular flexibility index (Phi) is 4.37. The molecule has 3 rings (SSSR count). The molecule has 108 valence electrons. The van der Waals surface area contributed by atoms with Crippen molar-refractivity contribution in [3.8, 4) is 0 Å². The van der Waals surface area contributed by atoms with E-state index in [4.69, 9.17) is 10.7 Å². The molecule has 0 amide bonds. The van der Waals surface area contributed by atoms with Crippen LogP contribution < -0.4 is 5.73 Å². The first-order valence-electron chi connectivity index (χ1n) is 7.86. The number of thiazole rings is 1. The van der Waals surface area contributed by atoms with E-state index in [0.29, 0.717) is 5.41 Å². The number of fused-ring (bicyclic) bond motifs is 1. The summed E-state index contributed by atoms with van der Waals surface area (Å²) >= 11 is 1.85. The fourth-order valence-electron chi connectivity index (χ4n) is 3.42. The van der Waals surface area contributed by atoms with E-state index >= 15 is 0 Å². The van der Waals surface area contributed by atoms with Gasteiger partial charge in [0.1, 0.15) is 0 Å². The van der Waals surface area contributed by atoms with E-state index in [-0.39, 0.29) is 0 Å². The third-order valence-corrected chi connectivity index (χ3v) is 5.75. The Morgan fingerprint density at radius 3 is 2.45 bits per heavy atom. The standard InChI is InChI=1S/C17H24N2S/c18-13-17(10-6-2-1-3-7-11-17)12-16-19-14-8-4-5-9-15(14)20-16/h4-5,8-9H,1-3,6-7,10-13,18H2. The number of nitrogens with zero attached hydrogens (tertiary/aromatic N) is 1. The summed E-state index contributed by atoms with van der Waals surface area (Å²) in [5.41, 5.74) is 7.62. The molecule has 1 aliphatic rings. The summed E-state index contributed by atoms with van der Waals surface area (Å²) in [7, 11) is 0. The Hall–Kier alpha value is -0.930. The van der Waals surface area contributed by atoms with E-state index in [1.165, 1.54) is 54.7 Å². The minimum Gasteiger partial charge on any atom is -0.330 e. The van der Waals surface area contributed by atoms with Gasteiger partial charge in [-0.3, -0.25) is 0 Å². The van der Waals surface area contributed by atoms with Crippen molar-refractivity contribution >= 4 is 21.6 Å². The lowest BCUT2D eigenvalue weighted by molar-refractivity contribution is 0.217. The summed E-state index contributed by atoms with van der Waals surface area (Å²) in [6, 6.07) is 8.45. The molecule has 0 spiro atoms. The summed E-state index contributed by atoms with van der Waals surface area (Å²) in [6.45, 7) is 0.808. The van der Waals surface area contributed by atoms with Gasteiger partial charge < -0.3 is 5.73 Å². The topological polar surface area (TPSA) is 38.9 Å². The van der Waals surface area contributed by atoms with Crippen LogP contribution in [0.15, 0.2) is 24.3 Å². The largest absolute Gasteiger partial charge is 0.330 e. The number of rotatable bonds is 3. The van der Waals surface area contributed by atoms with Gasteiger partial charge in [0.15, 0.2) is 0 Å². The molecule has 1 fully saturated rings. The van der Waals surface area contributed by atoms with Crippen molar-refractivity contribution in [1.29, 1.82) is 0 Å². The lowest BCUT2D eigenvalue weighted by Gasteiger charge is -2.33. The van der Waals surface area contributed by atoms with Crippen molar-refractivity contribution in [3.63, 3.8) is 0 Å². The summed E-state index contributed by atoms with van der Waals surface area (Å²) in [4.78, 5) is 4.82. The smallest absolute Gasteiger partial charge is 0.0944 e. The van der Waals surface area contributed by atoms with E-state index < -0.39 is 0 Å². The predicted octanol–water partition coefficient (Wildman–Crippen LogP) is 4.53. The molecule has 1 saturated carbocycles. The molecule has 20 heavy (non-hydrogen) atoms. The highest BCUT2D eigenvalue weighted by atomic mass is 32.1. The van der Waals surface area contributed by atoms with Crippen LogP contribution in [-0.2, 0) is 6.42 Å². The highest BCUT2D eigenvalue weighted by Crippen LogP contribution is 2.38. The van der Waals surface area contributed by atoms with Crippen LogP contribution in [0.4, 0.5) is 0 Å². The van der Waals surface area contributed by atoms with Crippen molar-refractivity contribution in [3.05, 3.63) is 29.3 Å². The van der Waals surface area contributed by atoms with Gasteiger partial charge in [-0.05, 0) is 36.9 Å². The second kappa shape index (κ2) is 6.23. The van der Waals surface area contributed by atoms with Crippen LogP contribution in [0.2, 0.25) is 0 Å². The number of para-hydroxylation sites is 1. The fraction of sp³-hybridized carbons (Fsp3) is 0.588. The first-order chi connectivity index (χ1) is 9.81. The van der Waals surface area contributed by atoms with Crippen molar-refractivity contribution < 1.29 is 0 Å². The number of benzene rings is 1. The molecule has 2 nitrogen and oxygen atoms in total. The van der Waals surface area contributed by atoms with Gasteiger partial charge in [0, 0.05) is 6.42 Å². The van der Waals surface area contributed by atoms with Gasteiger partial charge in [0.25, 0.3) is 0 Å². The van der Waals surface area contributed by atoms with E-state index in [1.54, 1.807) is 0 Å². The zero-order valence-electron chi connectivity index (χ0n) is 12.1. The molecule has 0 saturated heterocycles. The monoisotopic (exact) mass is 288 g/mol. The zero-order valence-corrected chi connectivity index (χ0v) is 12.9. The summed E-state index contributed by atoms with van der Waals surface area (Å²) in [6.07, 6.45) is 10.5. The molecule has 0 atom stereocenters. The molecule has 1 aromatic carbocycles. The minimum atomic E-state index is 0.300. The summed E-state index contributed by atoms with van der Waals surface area (Å²) in [5, 5.41) is 1.28. The Morgan fingerprint density at radius 1 is 1.05 bits per heavy atom. The highest BCUT2D eigenvalue weighted by molar-refractivity contribution is 7.18. The van der Waals surface area contributed by atoms with Gasteiger partial charge in [0.2, 0.25) is 0 Å². The first kappa shape index (κ1) is 14.0. The van der Waals surface area contributed by atoms with Crippen LogP contribution in [0.3, 0.4) is 0 Å². The maximum atomic E-state index is 6.18. The fourth-order valence-corrected chi connectivity index (χ4v) is 4.57. The molecule has 0 bridgehead atoms. The van der Waals surface area contributed by atoms with Crippen LogP contribution in [0, 0.1) is 5.41 Å². The molecular weight excluding hydrogens is 264 g/mol. The highest BCUT2D eigenvalue weighted by Gasteiger charge is 2.30. The predicted molar refractivity (Wildman–Crippen MR) is 87.1 cm³/mol. The van der Waals surface area contributed by atoms with Crippen LogP contribution in [-0.4, -0.2) is 11.5 Å². The van der Waals surface area contributed by atoms with Crippen molar-refractivity contribution in [2.75, 3.05) is 6.54 Å². The third kappa shape index (κ3) is 3.04. The second-order valence-electron chi connectivity index (χ2n) is 6.22. The molecular formula is C17H24N2S. The zero-order chi connectivity index (χ0) is 13.8. The summed E-state index contributed by atoms with van der Waals surface area (Å²) in [5.74, 6) is 0. The van der Waals surface area contributed by atoms with Crippen molar-refractivity contribution in [2.24, 2.45) is 11.1 Å². The average Bonchev–Trinajstić information content (AvgIpc) is 2.84. The molecule has 0 radical (unpaired) electrons. The molecule has 2 aromatic rings. The van der Waals surface area contributed by atoms with Gasteiger partial charge in [-0.15, -0.1) is 11.3 Å². The maximum Gasteiger partial charge on any atom is 0.0944 e. The molecule has 3 heteroatoms. The van der Waals surface area contributed by atoms with Crippen LogP contribution in [0.5, 0.6) is 0 Å². The molecule has 1 aliphatic carbocycles. The van der Waals surface area contributed by atoms with Crippen LogP contribution >= 0.6 is 11.3 Å². The molecule has 0 aliphatic heterocycles. The SMILES string of the molecule is NCC1(Cc2nc3ccccc3s2)CCCCCCC1. The molecule has 2 N–H and O–H groups in total. The molecule has 1 heterocycles. The quantitative estimate of drug-likeness (QED) is 0.901.